The van der Waals surface area contributed by atoms with Crippen LogP contribution in [-0.4, -0.2) is 4.89 Å². The standard InChI is InChI=1S/C29H47O4P/c1-24(2,3)28(25(4,5)6)15-13-22-20(18-28)17-21-19-29(26(7,8)9,27(10,11)12)16-14-23(21)33-34(30,31)32-22/h13-16H,17-19H2,1-12H3,(H,30,31). The number of rotatable bonds is 0. The van der Waals surface area contributed by atoms with Crippen LogP contribution < -0.4 is 0 Å². The summed E-state index contributed by atoms with van der Waals surface area (Å²) in [5.74, 6) is 0.987. The average Bonchev–Trinajstić information content (AvgIpc) is 2.58. The Labute approximate surface area is 208 Å². The second kappa shape index (κ2) is 7.87. The van der Waals surface area contributed by atoms with E-state index >= 15 is 0 Å². The number of hydrogen-bond acceptors (Lipinski definition) is 3. The molecule has 1 N–H and O–H groups in total. The maximum atomic E-state index is 13.0. The van der Waals surface area contributed by atoms with Gasteiger partial charge in [-0.3, -0.25) is 4.89 Å². The first kappa shape index (κ1) is 27.3. The van der Waals surface area contributed by atoms with Gasteiger partial charge in [-0.1, -0.05) is 95.2 Å². The maximum Gasteiger partial charge on any atom is 0.584 e. The van der Waals surface area contributed by atoms with Crippen LogP contribution in [0.15, 0.2) is 47.0 Å². The third kappa shape index (κ3) is 4.39. The molecule has 0 saturated heterocycles. The zero-order valence-electron chi connectivity index (χ0n) is 23.5. The molecule has 0 aromatic heterocycles. The van der Waals surface area contributed by atoms with Crippen molar-refractivity contribution in [1.82, 2.24) is 0 Å². The molecule has 0 bridgehead atoms. The lowest BCUT2D eigenvalue weighted by Gasteiger charge is -2.55. The fraction of sp³-hybridized carbons (Fsp3) is 0.724. The van der Waals surface area contributed by atoms with Gasteiger partial charge in [-0.15, -0.1) is 0 Å². The highest BCUT2D eigenvalue weighted by Crippen LogP contribution is 2.64. The highest BCUT2D eigenvalue weighted by atomic mass is 31.2. The van der Waals surface area contributed by atoms with Crippen LogP contribution >= 0.6 is 7.82 Å². The highest BCUT2D eigenvalue weighted by Gasteiger charge is 2.53. The van der Waals surface area contributed by atoms with Gasteiger partial charge in [0.2, 0.25) is 0 Å². The van der Waals surface area contributed by atoms with Crippen LogP contribution in [-0.2, 0) is 13.6 Å². The Bertz CT molecular complexity index is 904. The van der Waals surface area contributed by atoms with Crippen LogP contribution in [0.25, 0.3) is 0 Å². The lowest BCUT2D eigenvalue weighted by Crippen LogP contribution is -2.47. The van der Waals surface area contributed by atoms with Crippen molar-refractivity contribution >= 4 is 7.82 Å². The van der Waals surface area contributed by atoms with Gasteiger partial charge in [0.15, 0.2) is 0 Å². The van der Waals surface area contributed by atoms with Crippen LogP contribution in [0.2, 0.25) is 0 Å². The first-order chi connectivity index (χ1) is 15.1. The van der Waals surface area contributed by atoms with E-state index in [1.165, 1.54) is 0 Å². The largest absolute Gasteiger partial charge is 0.584 e. The molecule has 0 fully saturated rings. The predicted octanol–water partition coefficient (Wildman–Crippen LogP) is 9.11. The van der Waals surface area contributed by atoms with E-state index in [4.69, 9.17) is 9.05 Å². The molecular formula is C29H47O4P. The number of hydrogen-bond donors (Lipinski definition) is 1. The Morgan fingerprint density at radius 1 is 0.676 bits per heavy atom. The van der Waals surface area contributed by atoms with Gasteiger partial charge in [0, 0.05) is 10.8 Å². The van der Waals surface area contributed by atoms with Gasteiger partial charge >= 0.3 is 7.82 Å². The van der Waals surface area contributed by atoms with E-state index in [0.29, 0.717) is 17.9 Å². The van der Waals surface area contributed by atoms with Crippen molar-refractivity contribution in [2.45, 2.75) is 102 Å². The molecule has 4 nitrogen and oxygen atoms in total. The summed E-state index contributed by atoms with van der Waals surface area (Å²) in [7, 11) is -4.30. The van der Waals surface area contributed by atoms with Gasteiger partial charge in [0.1, 0.15) is 11.5 Å². The third-order valence-corrected chi connectivity index (χ3v) is 9.78. The summed E-state index contributed by atoms with van der Waals surface area (Å²) in [4.78, 5) is 10.6. The second-order valence-electron chi connectivity index (χ2n) is 14.7. The van der Waals surface area contributed by atoms with Crippen molar-refractivity contribution in [2.24, 2.45) is 32.5 Å². The van der Waals surface area contributed by atoms with Crippen LogP contribution in [0.4, 0.5) is 0 Å². The Kier molecular flexibility index (Phi) is 6.33. The van der Waals surface area contributed by atoms with E-state index in [1.54, 1.807) is 0 Å². The van der Waals surface area contributed by atoms with E-state index in [9.17, 15) is 9.46 Å². The Balaban J connectivity index is 2.16. The molecule has 0 aromatic rings. The Hall–Kier alpha value is -1.25. The van der Waals surface area contributed by atoms with E-state index in [0.717, 1.165) is 24.0 Å². The molecule has 1 heterocycles. The van der Waals surface area contributed by atoms with Gasteiger partial charge < -0.3 is 9.05 Å². The molecule has 3 rings (SSSR count). The van der Waals surface area contributed by atoms with Gasteiger partial charge in [0.25, 0.3) is 0 Å². The van der Waals surface area contributed by atoms with Gasteiger partial charge in [-0.25, -0.2) is 4.57 Å². The topological polar surface area (TPSA) is 55.8 Å². The van der Waals surface area contributed by atoms with Crippen molar-refractivity contribution in [3.05, 3.63) is 47.0 Å². The Morgan fingerprint density at radius 2 is 0.971 bits per heavy atom. The van der Waals surface area contributed by atoms with Gasteiger partial charge in [0.05, 0.1) is 0 Å². The molecule has 3 aliphatic rings. The average molecular weight is 491 g/mol. The summed E-state index contributed by atoms with van der Waals surface area (Å²) < 4.78 is 24.3. The molecule has 2 aliphatic carbocycles. The lowest BCUT2D eigenvalue weighted by molar-refractivity contribution is 0.00960. The monoisotopic (exact) mass is 490 g/mol. The summed E-state index contributed by atoms with van der Waals surface area (Å²) in [6.45, 7) is 27.5. The molecule has 0 atom stereocenters. The molecule has 0 saturated carbocycles. The molecule has 5 heteroatoms. The molecule has 0 aromatic carbocycles. The highest BCUT2D eigenvalue weighted by molar-refractivity contribution is 7.47. The van der Waals surface area contributed by atoms with E-state index in [2.05, 4.69) is 95.2 Å². The van der Waals surface area contributed by atoms with Crippen molar-refractivity contribution < 1.29 is 18.5 Å². The second-order valence-corrected chi connectivity index (χ2v) is 16.0. The van der Waals surface area contributed by atoms with Crippen LogP contribution in [0.5, 0.6) is 0 Å². The van der Waals surface area contributed by atoms with Crippen LogP contribution in [0.3, 0.4) is 0 Å². The van der Waals surface area contributed by atoms with Gasteiger partial charge in [-0.05, 0) is 64.2 Å². The molecule has 34 heavy (non-hydrogen) atoms. The van der Waals surface area contributed by atoms with E-state index in [-0.39, 0.29) is 32.5 Å². The minimum atomic E-state index is -4.30. The number of allylic oxidation sites excluding steroid dienone is 6. The number of phosphoric ester groups is 1. The summed E-state index contributed by atoms with van der Waals surface area (Å²) in [5, 5.41) is 0. The smallest absolute Gasteiger partial charge is 0.395 e. The fourth-order valence-electron chi connectivity index (χ4n) is 6.96. The zero-order chi connectivity index (χ0) is 26.2. The molecular weight excluding hydrogens is 443 g/mol. The summed E-state index contributed by atoms with van der Waals surface area (Å²) in [6, 6.07) is 0. The van der Waals surface area contributed by atoms with Crippen molar-refractivity contribution in [3.63, 3.8) is 0 Å². The van der Waals surface area contributed by atoms with Crippen molar-refractivity contribution in [1.29, 1.82) is 0 Å². The third-order valence-electron chi connectivity index (χ3n) is 8.93. The molecule has 0 amide bonds. The molecule has 0 spiro atoms. The first-order valence-electron chi connectivity index (χ1n) is 12.6. The normalized spacial score (nSPS) is 24.5. The molecule has 0 unspecified atom stereocenters. The van der Waals surface area contributed by atoms with Gasteiger partial charge in [-0.2, -0.15) is 0 Å². The number of phosphoric acid groups is 1. The van der Waals surface area contributed by atoms with Crippen LogP contribution in [0, 0.1) is 32.5 Å². The Morgan fingerprint density at radius 3 is 1.24 bits per heavy atom. The fourth-order valence-corrected chi connectivity index (χ4v) is 7.88. The lowest BCUT2D eigenvalue weighted by atomic mass is 9.49. The maximum absolute atomic E-state index is 13.0. The van der Waals surface area contributed by atoms with Crippen LogP contribution in [0.1, 0.15) is 102 Å². The van der Waals surface area contributed by atoms with Crippen molar-refractivity contribution in [3.8, 4) is 0 Å². The molecule has 192 valence electrons. The van der Waals surface area contributed by atoms with E-state index < -0.39 is 7.82 Å². The summed E-state index contributed by atoms with van der Waals surface area (Å²) in [6.07, 6.45) is 10.5. The van der Waals surface area contributed by atoms with E-state index in [1.807, 2.05) is 12.2 Å². The SMILES string of the molecule is CC(C)(C)C1(C(C)(C)C)C=CC2=C(CC3=C(C=CC(C(C)(C)C)(C(C)(C)C)C3)OP(=O)(O)O2)C1. The minimum absolute atomic E-state index is 0.00763. The minimum Gasteiger partial charge on any atom is -0.395 e. The molecule has 1 aliphatic heterocycles. The quantitative estimate of drug-likeness (QED) is 0.344. The predicted molar refractivity (Wildman–Crippen MR) is 141 cm³/mol. The first-order valence-corrected chi connectivity index (χ1v) is 14.1. The van der Waals surface area contributed by atoms with Crippen molar-refractivity contribution in [2.75, 3.05) is 0 Å². The zero-order valence-corrected chi connectivity index (χ0v) is 24.4. The summed E-state index contributed by atoms with van der Waals surface area (Å²) in [5.41, 5.74) is 1.89. The molecule has 0 radical (unpaired) electrons. The summed E-state index contributed by atoms with van der Waals surface area (Å²) >= 11 is 0.